The highest BCUT2D eigenvalue weighted by molar-refractivity contribution is 7.92. The number of para-hydroxylation sites is 1. The lowest BCUT2D eigenvalue weighted by Crippen LogP contribution is -2.29. The average molecular weight is 336 g/mol. The Labute approximate surface area is 134 Å². The summed E-state index contributed by atoms with van der Waals surface area (Å²) in [5.74, 6) is -0.749. The minimum absolute atomic E-state index is 0.218. The maximum Gasteiger partial charge on any atom is 0.253 e. The molecule has 0 aliphatic carbocycles. The predicted molar refractivity (Wildman–Crippen MR) is 87.3 cm³/mol. The van der Waals surface area contributed by atoms with Crippen LogP contribution in [0.3, 0.4) is 0 Å². The number of hydrogen-bond acceptors (Lipinski definition) is 3. The highest BCUT2D eigenvalue weighted by Crippen LogP contribution is 2.21. The van der Waals surface area contributed by atoms with Crippen molar-refractivity contribution in [2.75, 3.05) is 17.6 Å². The fraction of sp³-hybridized carbons (Fsp3) is 0.188. The van der Waals surface area contributed by atoms with E-state index in [9.17, 15) is 17.6 Å². The molecule has 0 aromatic heterocycles. The van der Waals surface area contributed by atoms with Gasteiger partial charge in [-0.3, -0.25) is 9.10 Å². The Kier molecular flexibility index (Phi) is 5.00. The van der Waals surface area contributed by atoms with E-state index in [0.717, 1.165) is 16.1 Å². The summed E-state index contributed by atoms with van der Waals surface area (Å²) in [6, 6.07) is 12.2. The Balaban J connectivity index is 2.18. The third-order valence-corrected chi connectivity index (χ3v) is 4.54. The second-order valence-corrected chi connectivity index (χ2v) is 7.07. The first-order valence-electron chi connectivity index (χ1n) is 6.84. The van der Waals surface area contributed by atoms with Crippen LogP contribution in [0.5, 0.6) is 0 Å². The largest absolute Gasteiger partial charge is 0.348 e. The van der Waals surface area contributed by atoms with Gasteiger partial charge in [0.1, 0.15) is 5.82 Å². The SMILES string of the molecule is CN(c1ccccc1C(=O)NCc1ccc(F)cc1)S(C)(=O)=O. The number of nitrogens with zero attached hydrogens (tertiary/aromatic N) is 1. The van der Waals surface area contributed by atoms with Crippen molar-refractivity contribution < 1.29 is 17.6 Å². The van der Waals surface area contributed by atoms with Gasteiger partial charge in [0.25, 0.3) is 5.91 Å². The van der Waals surface area contributed by atoms with Gasteiger partial charge < -0.3 is 5.32 Å². The summed E-state index contributed by atoms with van der Waals surface area (Å²) in [6.07, 6.45) is 1.07. The van der Waals surface area contributed by atoms with E-state index in [-0.39, 0.29) is 17.9 Å². The molecule has 0 bridgehead atoms. The van der Waals surface area contributed by atoms with Crippen LogP contribution in [-0.2, 0) is 16.6 Å². The first-order chi connectivity index (χ1) is 10.8. The van der Waals surface area contributed by atoms with Gasteiger partial charge in [-0.05, 0) is 29.8 Å². The van der Waals surface area contributed by atoms with Gasteiger partial charge in [0.05, 0.1) is 17.5 Å². The molecule has 23 heavy (non-hydrogen) atoms. The highest BCUT2D eigenvalue weighted by Gasteiger charge is 2.19. The van der Waals surface area contributed by atoms with Crippen molar-refractivity contribution in [3.05, 3.63) is 65.5 Å². The smallest absolute Gasteiger partial charge is 0.253 e. The van der Waals surface area contributed by atoms with E-state index in [1.165, 1.54) is 19.2 Å². The van der Waals surface area contributed by atoms with Crippen molar-refractivity contribution in [3.63, 3.8) is 0 Å². The van der Waals surface area contributed by atoms with Gasteiger partial charge in [0.2, 0.25) is 10.0 Å². The summed E-state index contributed by atoms with van der Waals surface area (Å²) in [4.78, 5) is 12.3. The van der Waals surface area contributed by atoms with Crippen LogP contribution in [0.4, 0.5) is 10.1 Å². The number of sulfonamides is 1. The van der Waals surface area contributed by atoms with Crippen LogP contribution in [0.15, 0.2) is 48.5 Å². The molecule has 1 N–H and O–H groups in total. The number of amides is 1. The second kappa shape index (κ2) is 6.78. The zero-order valence-electron chi connectivity index (χ0n) is 12.8. The molecule has 0 spiro atoms. The lowest BCUT2D eigenvalue weighted by molar-refractivity contribution is 0.0951. The molecule has 5 nitrogen and oxygen atoms in total. The summed E-state index contributed by atoms with van der Waals surface area (Å²) < 4.78 is 37.3. The monoisotopic (exact) mass is 336 g/mol. The Morgan fingerprint density at radius 3 is 2.35 bits per heavy atom. The number of rotatable bonds is 5. The maximum absolute atomic E-state index is 12.9. The van der Waals surface area contributed by atoms with E-state index in [1.54, 1.807) is 36.4 Å². The van der Waals surface area contributed by atoms with Crippen molar-refractivity contribution in [2.45, 2.75) is 6.54 Å². The van der Waals surface area contributed by atoms with E-state index >= 15 is 0 Å². The number of carbonyl (C=O) groups is 1. The van der Waals surface area contributed by atoms with Crippen LogP contribution in [0.1, 0.15) is 15.9 Å². The van der Waals surface area contributed by atoms with E-state index in [0.29, 0.717) is 5.69 Å². The van der Waals surface area contributed by atoms with Crippen molar-refractivity contribution in [3.8, 4) is 0 Å². The zero-order valence-corrected chi connectivity index (χ0v) is 13.6. The van der Waals surface area contributed by atoms with E-state index in [1.807, 2.05) is 0 Å². The standard InChI is InChI=1S/C16H17FN2O3S/c1-19(23(2,21)22)15-6-4-3-5-14(15)16(20)18-11-12-7-9-13(17)10-8-12/h3-10H,11H2,1-2H3,(H,18,20). The first kappa shape index (κ1) is 17.0. The fourth-order valence-corrected chi connectivity index (χ4v) is 2.52. The lowest BCUT2D eigenvalue weighted by atomic mass is 10.1. The molecule has 1 amide bonds. The molecule has 2 aromatic rings. The van der Waals surface area contributed by atoms with Crippen molar-refractivity contribution in [1.29, 1.82) is 0 Å². The number of hydrogen-bond donors (Lipinski definition) is 1. The van der Waals surface area contributed by atoms with Crippen LogP contribution >= 0.6 is 0 Å². The number of halogens is 1. The Morgan fingerprint density at radius 1 is 1.13 bits per heavy atom. The predicted octanol–water partition coefficient (Wildman–Crippen LogP) is 2.15. The van der Waals surface area contributed by atoms with E-state index in [2.05, 4.69) is 5.32 Å². The quantitative estimate of drug-likeness (QED) is 0.910. The molecule has 0 saturated heterocycles. The molecular formula is C16H17FN2O3S. The van der Waals surface area contributed by atoms with Crippen molar-refractivity contribution >= 4 is 21.6 Å². The molecule has 2 rings (SSSR count). The highest BCUT2D eigenvalue weighted by atomic mass is 32.2. The molecule has 0 heterocycles. The van der Waals surface area contributed by atoms with Crippen molar-refractivity contribution in [1.82, 2.24) is 5.32 Å². The number of anilines is 1. The van der Waals surface area contributed by atoms with Gasteiger partial charge >= 0.3 is 0 Å². The van der Waals surface area contributed by atoms with Crippen LogP contribution in [0, 0.1) is 5.82 Å². The van der Waals surface area contributed by atoms with Gasteiger partial charge in [0, 0.05) is 13.6 Å². The Hall–Kier alpha value is -2.41. The average Bonchev–Trinajstić information content (AvgIpc) is 2.52. The summed E-state index contributed by atoms with van der Waals surface area (Å²) in [5.41, 5.74) is 1.29. The van der Waals surface area contributed by atoms with Gasteiger partial charge in [-0.2, -0.15) is 0 Å². The maximum atomic E-state index is 12.9. The van der Waals surface area contributed by atoms with Crippen molar-refractivity contribution in [2.24, 2.45) is 0 Å². The second-order valence-electron chi connectivity index (χ2n) is 5.06. The summed E-state index contributed by atoms with van der Waals surface area (Å²) in [5, 5.41) is 2.70. The molecule has 0 fully saturated rings. The van der Waals surface area contributed by atoms with Crippen LogP contribution in [0.2, 0.25) is 0 Å². The molecule has 0 aliphatic heterocycles. The molecule has 0 atom stereocenters. The van der Waals surface area contributed by atoms with Gasteiger partial charge in [-0.1, -0.05) is 24.3 Å². The lowest BCUT2D eigenvalue weighted by Gasteiger charge is -2.19. The minimum atomic E-state index is -3.47. The number of carbonyl (C=O) groups excluding carboxylic acids is 1. The normalized spacial score (nSPS) is 11.1. The van der Waals surface area contributed by atoms with Crippen LogP contribution in [0.25, 0.3) is 0 Å². The topological polar surface area (TPSA) is 66.5 Å². The molecule has 0 aliphatic rings. The molecule has 7 heteroatoms. The summed E-state index contributed by atoms with van der Waals surface area (Å²) >= 11 is 0. The molecule has 122 valence electrons. The third-order valence-electron chi connectivity index (χ3n) is 3.35. The summed E-state index contributed by atoms with van der Waals surface area (Å²) in [7, 11) is -2.08. The first-order valence-corrected chi connectivity index (χ1v) is 8.69. The number of benzene rings is 2. The zero-order chi connectivity index (χ0) is 17.0. The van der Waals surface area contributed by atoms with E-state index in [4.69, 9.17) is 0 Å². The Bertz CT molecular complexity index is 804. The van der Waals surface area contributed by atoms with Crippen LogP contribution < -0.4 is 9.62 Å². The van der Waals surface area contributed by atoms with Gasteiger partial charge in [0.15, 0.2) is 0 Å². The fourth-order valence-electron chi connectivity index (χ4n) is 2.00. The van der Waals surface area contributed by atoms with E-state index < -0.39 is 15.9 Å². The van der Waals surface area contributed by atoms with Gasteiger partial charge in [-0.25, -0.2) is 12.8 Å². The molecule has 0 radical (unpaired) electrons. The molecule has 2 aromatic carbocycles. The van der Waals surface area contributed by atoms with Gasteiger partial charge in [-0.15, -0.1) is 0 Å². The van der Waals surface area contributed by atoms with Crippen LogP contribution in [-0.4, -0.2) is 27.6 Å². The molecular weight excluding hydrogens is 319 g/mol. The molecule has 0 saturated carbocycles. The molecule has 0 unspecified atom stereocenters. The Morgan fingerprint density at radius 2 is 1.74 bits per heavy atom. The minimum Gasteiger partial charge on any atom is -0.348 e. The third kappa shape index (κ3) is 4.29. The summed E-state index contributed by atoms with van der Waals surface area (Å²) in [6.45, 7) is 0.218. The number of nitrogens with one attached hydrogen (secondary N) is 1.